The molecule has 122 valence electrons. The zero-order valence-electron chi connectivity index (χ0n) is 12.9. The van der Waals surface area contributed by atoms with Gasteiger partial charge in [-0.05, 0) is 41.3 Å². The molecule has 6 heteroatoms. The Morgan fingerprint density at radius 2 is 1.87 bits per heavy atom. The number of rotatable bonds is 6. The van der Waals surface area contributed by atoms with Gasteiger partial charge in [0.05, 0.1) is 12.1 Å². The highest BCUT2D eigenvalue weighted by atomic mass is 32.1. The van der Waals surface area contributed by atoms with E-state index in [1.54, 1.807) is 0 Å². The second-order valence-corrected chi connectivity index (χ2v) is 6.00. The quantitative estimate of drug-likeness (QED) is 0.709. The number of benzene rings is 1. The molecule has 1 heterocycles. The Balaban J connectivity index is 1.74. The van der Waals surface area contributed by atoms with Crippen molar-refractivity contribution in [2.24, 2.45) is 0 Å². The highest BCUT2D eigenvalue weighted by molar-refractivity contribution is 7.07. The third-order valence-corrected chi connectivity index (χ3v) is 4.19. The molecule has 0 spiro atoms. The monoisotopic (exact) mass is 332 g/mol. The molecule has 0 fully saturated rings. The molecule has 0 saturated carbocycles. The summed E-state index contributed by atoms with van der Waals surface area (Å²) in [7, 11) is 0. The molecule has 2 amide bonds. The molecular formula is C17H20N2O3S. The van der Waals surface area contributed by atoms with Crippen LogP contribution in [-0.4, -0.2) is 23.5 Å². The molecule has 0 unspecified atom stereocenters. The second kappa shape index (κ2) is 8.45. The van der Waals surface area contributed by atoms with E-state index in [1.165, 1.54) is 11.3 Å². The van der Waals surface area contributed by atoms with Crippen LogP contribution in [0.4, 0.5) is 0 Å². The third-order valence-electron chi connectivity index (χ3n) is 3.48. The zero-order valence-corrected chi connectivity index (χ0v) is 13.7. The van der Waals surface area contributed by atoms with E-state index < -0.39 is 17.9 Å². The van der Waals surface area contributed by atoms with Crippen molar-refractivity contribution in [1.29, 1.82) is 0 Å². The van der Waals surface area contributed by atoms with E-state index >= 15 is 0 Å². The summed E-state index contributed by atoms with van der Waals surface area (Å²) in [5, 5.41) is 18.8. The van der Waals surface area contributed by atoms with Gasteiger partial charge >= 0.3 is 11.8 Å². The summed E-state index contributed by atoms with van der Waals surface area (Å²) in [5.74, 6) is -1.36. The fraction of sp³-hybridized carbons (Fsp3) is 0.294. The van der Waals surface area contributed by atoms with Crippen molar-refractivity contribution in [1.82, 2.24) is 10.6 Å². The lowest BCUT2D eigenvalue weighted by atomic mass is 10.1. The standard InChI is InChI=1S/C17H20N2O3S/c1-12(13-5-3-2-4-6-13)19-17(22)16(21)18-9-7-15(20)14-8-10-23-11-14/h2-6,8,10-12,15,20H,7,9H2,1H3,(H,18,21)(H,19,22)/t12-,15+/m1/s1. The molecule has 0 aliphatic heterocycles. The van der Waals surface area contributed by atoms with Gasteiger partial charge < -0.3 is 15.7 Å². The van der Waals surface area contributed by atoms with E-state index in [1.807, 2.05) is 54.1 Å². The Labute approximate surface area is 139 Å². The highest BCUT2D eigenvalue weighted by Crippen LogP contribution is 2.18. The molecule has 0 bridgehead atoms. The van der Waals surface area contributed by atoms with E-state index in [0.29, 0.717) is 6.42 Å². The number of hydrogen-bond donors (Lipinski definition) is 3. The summed E-state index contributed by atoms with van der Waals surface area (Å²) >= 11 is 1.51. The van der Waals surface area contributed by atoms with Gasteiger partial charge in [0.25, 0.3) is 0 Å². The van der Waals surface area contributed by atoms with Gasteiger partial charge in [-0.25, -0.2) is 0 Å². The summed E-state index contributed by atoms with van der Waals surface area (Å²) in [5.41, 5.74) is 1.76. The van der Waals surface area contributed by atoms with E-state index in [9.17, 15) is 14.7 Å². The Kier molecular flexibility index (Phi) is 6.31. The van der Waals surface area contributed by atoms with Crippen LogP contribution in [0.15, 0.2) is 47.2 Å². The molecular weight excluding hydrogens is 312 g/mol. The second-order valence-electron chi connectivity index (χ2n) is 5.22. The minimum Gasteiger partial charge on any atom is -0.388 e. The van der Waals surface area contributed by atoms with Gasteiger partial charge in [-0.15, -0.1) is 0 Å². The minimum atomic E-state index is -0.690. The Morgan fingerprint density at radius 1 is 1.13 bits per heavy atom. The van der Waals surface area contributed by atoms with Crippen molar-refractivity contribution in [3.63, 3.8) is 0 Å². The SMILES string of the molecule is C[C@@H](NC(=O)C(=O)NCC[C@H](O)c1ccsc1)c1ccccc1. The summed E-state index contributed by atoms with van der Waals surface area (Å²) < 4.78 is 0. The Hall–Kier alpha value is -2.18. The van der Waals surface area contributed by atoms with Crippen molar-refractivity contribution < 1.29 is 14.7 Å². The van der Waals surface area contributed by atoms with Crippen molar-refractivity contribution in [2.75, 3.05) is 6.54 Å². The first-order chi connectivity index (χ1) is 11.1. The molecule has 5 nitrogen and oxygen atoms in total. The first-order valence-corrected chi connectivity index (χ1v) is 8.36. The summed E-state index contributed by atoms with van der Waals surface area (Å²) in [6, 6.07) is 11.0. The molecule has 1 aromatic carbocycles. The third kappa shape index (κ3) is 5.19. The molecule has 23 heavy (non-hydrogen) atoms. The van der Waals surface area contributed by atoms with Crippen LogP contribution in [0.3, 0.4) is 0 Å². The first-order valence-electron chi connectivity index (χ1n) is 7.41. The van der Waals surface area contributed by atoms with Crippen LogP contribution < -0.4 is 10.6 Å². The van der Waals surface area contributed by atoms with Crippen LogP contribution in [0, 0.1) is 0 Å². The maximum absolute atomic E-state index is 11.8. The molecule has 0 aliphatic carbocycles. The average Bonchev–Trinajstić information content (AvgIpc) is 3.10. The van der Waals surface area contributed by atoms with Gasteiger partial charge in [-0.2, -0.15) is 11.3 Å². The largest absolute Gasteiger partial charge is 0.388 e. The number of thiophene rings is 1. The Morgan fingerprint density at radius 3 is 2.52 bits per heavy atom. The van der Waals surface area contributed by atoms with Crippen LogP contribution >= 0.6 is 11.3 Å². The highest BCUT2D eigenvalue weighted by Gasteiger charge is 2.17. The van der Waals surface area contributed by atoms with E-state index in [-0.39, 0.29) is 12.6 Å². The average molecular weight is 332 g/mol. The lowest BCUT2D eigenvalue weighted by molar-refractivity contribution is -0.139. The smallest absolute Gasteiger partial charge is 0.309 e. The lowest BCUT2D eigenvalue weighted by Crippen LogP contribution is -2.41. The summed E-state index contributed by atoms with van der Waals surface area (Å²) in [6.07, 6.45) is -0.267. The minimum absolute atomic E-state index is 0.239. The van der Waals surface area contributed by atoms with Crippen molar-refractivity contribution in [3.8, 4) is 0 Å². The summed E-state index contributed by atoms with van der Waals surface area (Å²) in [6.45, 7) is 2.06. The predicted octanol–water partition coefficient (Wildman–Crippen LogP) is 2.17. The van der Waals surface area contributed by atoms with E-state index in [0.717, 1.165) is 11.1 Å². The number of aliphatic hydroxyl groups excluding tert-OH is 1. The molecule has 2 aromatic rings. The molecule has 0 radical (unpaired) electrons. The molecule has 0 saturated heterocycles. The van der Waals surface area contributed by atoms with Crippen LogP contribution in [0.5, 0.6) is 0 Å². The van der Waals surface area contributed by atoms with Crippen LogP contribution in [0.2, 0.25) is 0 Å². The van der Waals surface area contributed by atoms with Gasteiger partial charge in [-0.3, -0.25) is 9.59 Å². The van der Waals surface area contributed by atoms with Crippen molar-refractivity contribution in [2.45, 2.75) is 25.5 Å². The van der Waals surface area contributed by atoms with Crippen molar-refractivity contribution >= 4 is 23.2 Å². The topological polar surface area (TPSA) is 78.4 Å². The summed E-state index contributed by atoms with van der Waals surface area (Å²) in [4.78, 5) is 23.6. The first kappa shape index (κ1) is 17.2. The van der Waals surface area contributed by atoms with Gasteiger partial charge in [0.15, 0.2) is 0 Å². The van der Waals surface area contributed by atoms with Gasteiger partial charge in [0.2, 0.25) is 0 Å². The molecule has 2 rings (SSSR count). The van der Waals surface area contributed by atoms with E-state index in [2.05, 4.69) is 10.6 Å². The molecule has 0 aliphatic rings. The normalized spacial score (nSPS) is 13.1. The maximum Gasteiger partial charge on any atom is 0.309 e. The van der Waals surface area contributed by atoms with Gasteiger partial charge in [0.1, 0.15) is 0 Å². The molecule has 3 N–H and O–H groups in total. The van der Waals surface area contributed by atoms with Crippen molar-refractivity contribution in [3.05, 3.63) is 58.3 Å². The van der Waals surface area contributed by atoms with Gasteiger partial charge in [-0.1, -0.05) is 30.3 Å². The van der Waals surface area contributed by atoms with Crippen LogP contribution in [-0.2, 0) is 9.59 Å². The number of carbonyl (C=O) groups excluding carboxylic acids is 2. The predicted molar refractivity (Wildman–Crippen MR) is 89.9 cm³/mol. The number of amides is 2. The number of carbonyl (C=O) groups is 2. The molecule has 1 aromatic heterocycles. The lowest BCUT2D eigenvalue weighted by Gasteiger charge is -2.14. The number of aliphatic hydroxyl groups is 1. The fourth-order valence-electron chi connectivity index (χ4n) is 2.12. The molecule has 2 atom stereocenters. The Bertz CT molecular complexity index is 629. The number of hydrogen-bond acceptors (Lipinski definition) is 4. The fourth-order valence-corrected chi connectivity index (χ4v) is 2.83. The van der Waals surface area contributed by atoms with Crippen LogP contribution in [0.1, 0.15) is 36.6 Å². The zero-order chi connectivity index (χ0) is 16.7. The maximum atomic E-state index is 11.8. The van der Waals surface area contributed by atoms with Gasteiger partial charge in [0, 0.05) is 6.54 Å². The van der Waals surface area contributed by atoms with E-state index in [4.69, 9.17) is 0 Å². The number of nitrogens with one attached hydrogen (secondary N) is 2. The van der Waals surface area contributed by atoms with Crippen LogP contribution in [0.25, 0.3) is 0 Å².